The van der Waals surface area contributed by atoms with E-state index in [0.29, 0.717) is 0 Å². The lowest BCUT2D eigenvalue weighted by atomic mass is 10.2. The molecule has 6 nitrogen and oxygen atoms in total. The molecular formula is C13H18BrN3O3S. The largest absolute Gasteiger partial charge is 0.409 e. The monoisotopic (exact) mass is 375 g/mol. The van der Waals surface area contributed by atoms with Crippen molar-refractivity contribution in [2.45, 2.75) is 36.6 Å². The Morgan fingerprint density at radius 3 is 2.43 bits per heavy atom. The number of amidine groups is 1. The van der Waals surface area contributed by atoms with Crippen LogP contribution in [-0.4, -0.2) is 36.4 Å². The molecule has 0 amide bonds. The van der Waals surface area contributed by atoms with Gasteiger partial charge in [-0.2, -0.15) is 4.31 Å². The summed E-state index contributed by atoms with van der Waals surface area (Å²) in [7, 11) is -3.67. The second-order valence-corrected chi connectivity index (χ2v) is 7.84. The lowest BCUT2D eigenvalue weighted by molar-refractivity contribution is 0.308. The number of hydrogen-bond acceptors (Lipinski definition) is 4. The van der Waals surface area contributed by atoms with E-state index in [9.17, 15) is 8.42 Å². The molecule has 1 aromatic carbocycles. The topological polar surface area (TPSA) is 96.0 Å². The molecule has 0 heterocycles. The highest BCUT2D eigenvalue weighted by atomic mass is 79.9. The standard InChI is InChI=1S/C13H18BrN3O3S/c14-10-5-7-12(8-6-10)21(19,20)17(9-13(15)16-18)11-3-1-2-4-11/h5-8,11,18H,1-4,9H2,(H2,15,16). The molecule has 116 valence electrons. The molecule has 3 N–H and O–H groups in total. The molecule has 1 aromatic rings. The second-order valence-electron chi connectivity index (χ2n) is 5.03. The van der Waals surface area contributed by atoms with E-state index in [0.717, 1.165) is 30.2 Å². The third-order valence-electron chi connectivity index (χ3n) is 3.60. The van der Waals surface area contributed by atoms with Crippen molar-refractivity contribution in [2.24, 2.45) is 10.9 Å². The Morgan fingerprint density at radius 2 is 1.90 bits per heavy atom. The molecule has 0 saturated heterocycles. The van der Waals surface area contributed by atoms with E-state index >= 15 is 0 Å². The van der Waals surface area contributed by atoms with Gasteiger partial charge in [0.25, 0.3) is 0 Å². The predicted octanol–water partition coefficient (Wildman–Crippen LogP) is 2.13. The van der Waals surface area contributed by atoms with Crippen LogP contribution < -0.4 is 5.73 Å². The van der Waals surface area contributed by atoms with Crippen LogP contribution in [0.2, 0.25) is 0 Å². The third kappa shape index (κ3) is 3.75. The molecule has 0 radical (unpaired) electrons. The maximum Gasteiger partial charge on any atom is 0.243 e. The van der Waals surface area contributed by atoms with Gasteiger partial charge in [0.1, 0.15) is 0 Å². The maximum atomic E-state index is 12.8. The fourth-order valence-corrected chi connectivity index (χ4v) is 4.46. The number of halogens is 1. The molecule has 21 heavy (non-hydrogen) atoms. The zero-order valence-electron chi connectivity index (χ0n) is 11.4. The number of benzene rings is 1. The SMILES string of the molecule is NC(CN(C1CCCC1)S(=O)(=O)c1ccc(Br)cc1)=NO. The lowest BCUT2D eigenvalue weighted by Gasteiger charge is -2.27. The zero-order chi connectivity index (χ0) is 15.5. The van der Waals surface area contributed by atoms with Crippen LogP contribution in [0.5, 0.6) is 0 Å². The summed E-state index contributed by atoms with van der Waals surface area (Å²) >= 11 is 3.29. The maximum absolute atomic E-state index is 12.8. The van der Waals surface area contributed by atoms with Gasteiger partial charge < -0.3 is 10.9 Å². The van der Waals surface area contributed by atoms with Crippen molar-refractivity contribution in [3.63, 3.8) is 0 Å². The third-order valence-corrected chi connectivity index (χ3v) is 6.04. The molecule has 0 unspecified atom stereocenters. The smallest absolute Gasteiger partial charge is 0.243 e. The Kier molecular flexibility index (Phi) is 5.23. The van der Waals surface area contributed by atoms with Crippen LogP contribution in [0.15, 0.2) is 38.8 Å². The van der Waals surface area contributed by atoms with Gasteiger partial charge in [-0.25, -0.2) is 8.42 Å². The molecule has 8 heteroatoms. The van der Waals surface area contributed by atoms with E-state index in [1.165, 1.54) is 4.31 Å². The van der Waals surface area contributed by atoms with Crippen LogP contribution in [-0.2, 0) is 10.0 Å². The van der Waals surface area contributed by atoms with Crippen LogP contribution in [0.3, 0.4) is 0 Å². The van der Waals surface area contributed by atoms with Crippen molar-refractivity contribution in [3.8, 4) is 0 Å². The highest BCUT2D eigenvalue weighted by Gasteiger charge is 2.33. The number of nitrogens with two attached hydrogens (primary N) is 1. The second kappa shape index (κ2) is 6.76. The van der Waals surface area contributed by atoms with Crippen molar-refractivity contribution in [1.29, 1.82) is 0 Å². The highest BCUT2D eigenvalue weighted by molar-refractivity contribution is 9.10. The minimum absolute atomic E-state index is 0.0977. The summed E-state index contributed by atoms with van der Waals surface area (Å²) in [6.45, 7) is -0.0977. The molecule has 1 aliphatic carbocycles. The minimum Gasteiger partial charge on any atom is -0.409 e. The van der Waals surface area contributed by atoms with Gasteiger partial charge in [0, 0.05) is 10.5 Å². The quantitative estimate of drug-likeness (QED) is 0.356. The van der Waals surface area contributed by atoms with Crippen molar-refractivity contribution in [1.82, 2.24) is 4.31 Å². The van der Waals surface area contributed by atoms with Gasteiger partial charge >= 0.3 is 0 Å². The van der Waals surface area contributed by atoms with E-state index in [1.54, 1.807) is 24.3 Å². The summed E-state index contributed by atoms with van der Waals surface area (Å²) in [5.74, 6) is -0.109. The minimum atomic E-state index is -3.67. The van der Waals surface area contributed by atoms with E-state index in [4.69, 9.17) is 10.9 Å². The summed E-state index contributed by atoms with van der Waals surface area (Å²) in [6.07, 6.45) is 3.59. The van der Waals surface area contributed by atoms with Crippen LogP contribution in [0.4, 0.5) is 0 Å². The fraction of sp³-hybridized carbons (Fsp3) is 0.462. The van der Waals surface area contributed by atoms with E-state index in [1.807, 2.05) is 0 Å². The zero-order valence-corrected chi connectivity index (χ0v) is 13.8. The van der Waals surface area contributed by atoms with Gasteiger partial charge in [-0.3, -0.25) is 0 Å². The van der Waals surface area contributed by atoms with Gasteiger partial charge in [-0.05, 0) is 37.1 Å². The molecule has 1 fully saturated rings. The normalized spacial score (nSPS) is 17.5. The van der Waals surface area contributed by atoms with E-state index < -0.39 is 10.0 Å². The molecule has 0 bridgehead atoms. The van der Waals surface area contributed by atoms with Crippen LogP contribution in [0, 0.1) is 0 Å². The predicted molar refractivity (Wildman–Crippen MR) is 83.7 cm³/mol. The van der Waals surface area contributed by atoms with Crippen LogP contribution >= 0.6 is 15.9 Å². The summed E-state index contributed by atoms with van der Waals surface area (Å²) in [5, 5.41) is 11.6. The highest BCUT2D eigenvalue weighted by Crippen LogP contribution is 2.29. The summed E-state index contributed by atoms with van der Waals surface area (Å²) in [6, 6.07) is 6.37. The average molecular weight is 376 g/mol. The molecule has 0 aromatic heterocycles. The van der Waals surface area contributed by atoms with Crippen molar-refractivity contribution in [2.75, 3.05) is 6.54 Å². The number of nitrogens with zero attached hydrogens (tertiary/aromatic N) is 2. The summed E-state index contributed by atoms with van der Waals surface area (Å²) in [4.78, 5) is 0.211. The number of sulfonamides is 1. The Balaban J connectivity index is 2.35. The fourth-order valence-electron chi connectivity index (χ4n) is 2.54. The number of hydrogen-bond donors (Lipinski definition) is 2. The van der Waals surface area contributed by atoms with Gasteiger partial charge in [0.05, 0.1) is 11.4 Å². The van der Waals surface area contributed by atoms with Gasteiger partial charge in [-0.15, -0.1) is 0 Å². The van der Waals surface area contributed by atoms with E-state index in [-0.39, 0.29) is 23.3 Å². The molecule has 2 rings (SSSR count). The summed E-state index contributed by atoms with van der Waals surface area (Å²) in [5.41, 5.74) is 5.53. The molecular weight excluding hydrogens is 358 g/mol. The Bertz CT molecular complexity index is 610. The van der Waals surface area contributed by atoms with Gasteiger partial charge in [0.15, 0.2) is 5.84 Å². The van der Waals surface area contributed by atoms with Crippen molar-refractivity contribution >= 4 is 31.8 Å². The van der Waals surface area contributed by atoms with Crippen molar-refractivity contribution in [3.05, 3.63) is 28.7 Å². The first kappa shape index (κ1) is 16.3. The Morgan fingerprint density at radius 1 is 1.33 bits per heavy atom. The van der Waals surface area contributed by atoms with Gasteiger partial charge in [0.2, 0.25) is 10.0 Å². The molecule has 0 spiro atoms. The Labute approximate surface area is 132 Å². The Hall–Kier alpha value is -1.12. The molecule has 1 aliphatic rings. The first-order valence-electron chi connectivity index (χ1n) is 6.69. The number of oxime groups is 1. The average Bonchev–Trinajstić information content (AvgIpc) is 2.98. The van der Waals surface area contributed by atoms with E-state index in [2.05, 4.69) is 21.1 Å². The molecule has 0 atom stereocenters. The molecule has 1 saturated carbocycles. The lowest BCUT2D eigenvalue weighted by Crippen LogP contribution is -2.44. The summed E-state index contributed by atoms with van der Waals surface area (Å²) < 4.78 is 27.8. The van der Waals surface area contributed by atoms with Crippen LogP contribution in [0.1, 0.15) is 25.7 Å². The molecule has 0 aliphatic heterocycles. The first-order valence-corrected chi connectivity index (χ1v) is 8.92. The van der Waals surface area contributed by atoms with Gasteiger partial charge in [-0.1, -0.05) is 33.9 Å². The van der Waals surface area contributed by atoms with Crippen LogP contribution in [0.25, 0.3) is 0 Å². The number of rotatable bonds is 5. The first-order chi connectivity index (χ1) is 9.95. The van der Waals surface area contributed by atoms with Crippen molar-refractivity contribution < 1.29 is 13.6 Å².